The molecule has 0 aliphatic heterocycles. The minimum absolute atomic E-state index is 0.165. The van der Waals surface area contributed by atoms with Gasteiger partial charge in [-0.15, -0.1) is 0 Å². The van der Waals surface area contributed by atoms with Crippen molar-refractivity contribution in [1.29, 1.82) is 0 Å². The van der Waals surface area contributed by atoms with Crippen molar-refractivity contribution in [3.8, 4) is 11.3 Å². The molecule has 0 saturated heterocycles. The molecule has 4 rings (SSSR count). The number of rotatable bonds is 7. The number of methoxy groups -OCH3 is 1. The number of fused-ring (bicyclic) bond motifs is 1. The smallest absolute Gasteiger partial charge is 0.337 e. The zero-order chi connectivity index (χ0) is 22.9. The monoisotopic (exact) mass is 452 g/mol. The Balaban J connectivity index is 1.71. The van der Waals surface area contributed by atoms with Crippen LogP contribution in [0.15, 0.2) is 54.7 Å². The predicted octanol–water partition coefficient (Wildman–Crippen LogP) is 4.61. The van der Waals surface area contributed by atoms with E-state index in [-0.39, 0.29) is 6.61 Å². The Kier molecular flexibility index (Phi) is 6.04. The third-order valence-electron chi connectivity index (χ3n) is 5.41. The standard InChI is InChI=1S/C24H25ClN4O3/c1-24(2,23(30)31-4)32-15-19-12-22(16-9-10-17-13-26-28(3)21(17)11-16)29(27-19)14-18-7-5-6-8-20(18)25/h5-13H,14-15H2,1-4H3. The van der Waals surface area contributed by atoms with Crippen LogP contribution in [0, 0.1) is 0 Å². The number of esters is 1. The second kappa shape index (κ2) is 8.76. The second-order valence-electron chi connectivity index (χ2n) is 8.10. The van der Waals surface area contributed by atoms with Crippen LogP contribution in [0.2, 0.25) is 5.02 Å². The maximum absolute atomic E-state index is 12.0. The predicted molar refractivity (Wildman–Crippen MR) is 123 cm³/mol. The molecule has 0 bridgehead atoms. The van der Waals surface area contributed by atoms with Crippen molar-refractivity contribution in [2.45, 2.75) is 32.6 Å². The fourth-order valence-corrected chi connectivity index (χ4v) is 3.74. The first kappa shape index (κ1) is 22.0. The molecule has 4 aromatic rings. The lowest BCUT2D eigenvalue weighted by Gasteiger charge is -2.21. The number of hydrogen-bond donors (Lipinski definition) is 0. The Morgan fingerprint density at radius 2 is 1.94 bits per heavy atom. The molecule has 0 saturated carbocycles. The van der Waals surface area contributed by atoms with Gasteiger partial charge in [-0.05, 0) is 37.6 Å². The minimum atomic E-state index is -1.07. The van der Waals surface area contributed by atoms with E-state index in [1.807, 2.05) is 65.1 Å². The highest BCUT2D eigenvalue weighted by Gasteiger charge is 2.30. The molecule has 8 heteroatoms. The first-order valence-corrected chi connectivity index (χ1v) is 10.6. The van der Waals surface area contributed by atoms with Crippen LogP contribution < -0.4 is 0 Å². The number of carbonyl (C=O) groups excluding carboxylic acids is 1. The Bertz CT molecular complexity index is 1280. The molecular weight excluding hydrogens is 428 g/mol. The zero-order valence-electron chi connectivity index (χ0n) is 18.5. The SMILES string of the molecule is COC(=O)C(C)(C)OCc1cc(-c2ccc3cnn(C)c3c2)n(Cc2ccccc2Cl)n1. The van der Waals surface area contributed by atoms with Crippen LogP contribution in [-0.2, 0) is 34.5 Å². The van der Waals surface area contributed by atoms with E-state index in [4.69, 9.17) is 26.2 Å². The van der Waals surface area contributed by atoms with E-state index in [0.29, 0.717) is 17.3 Å². The number of aryl methyl sites for hydroxylation is 1. The zero-order valence-corrected chi connectivity index (χ0v) is 19.3. The van der Waals surface area contributed by atoms with Crippen LogP contribution in [-0.4, -0.2) is 38.2 Å². The van der Waals surface area contributed by atoms with Crippen molar-refractivity contribution in [2.75, 3.05) is 7.11 Å². The van der Waals surface area contributed by atoms with Crippen LogP contribution in [0.1, 0.15) is 25.1 Å². The van der Waals surface area contributed by atoms with Gasteiger partial charge in [-0.2, -0.15) is 10.2 Å². The molecule has 166 valence electrons. The van der Waals surface area contributed by atoms with E-state index in [9.17, 15) is 4.79 Å². The summed E-state index contributed by atoms with van der Waals surface area (Å²) in [7, 11) is 3.26. The molecule has 7 nitrogen and oxygen atoms in total. The van der Waals surface area contributed by atoms with Crippen molar-refractivity contribution in [3.63, 3.8) is 0 Å². The molecule has 0 radical (unpaired) electrons. The first-order chi connectivity index (χ1) is 15.3. The summed E-state index contributed by atoms with van der Waals surface area (Å²) in [5, 5.41) is 10.8. The molecule has 2 aromatic heterocycles. The molecule has 0 amide bonds. The summed E-state index contributed by atoms with van der Waals surface area (Å²) in [6.45, 7) is 4.02. The van der Waals surface area contributed by atoms with E-state index in [2.05, 4.69) is 11.2 Å². The fourth-order valence-electron chi connectivity index (χ4n) is 3.54. The van der Waals surface area contributed by atoms with Gasteiger partial charge in [0.25, 0.3) is 0 Å². The number of ether oxygens (including phenoxy) is 2. The number of carbonyl (C=O) groups is 1. The average molecular weight is 453 g/mol. The molecule has 32 heavy (non-hydrogen) atoms. The number of benzene rings is 2. The molecule has 0 fully saturated rings. The van der Waals surface area contributed by atoms with Crippen molar-refractivity contribution >= 4 is 28.5 Å². The molecule has 2 aromatic carbocycles. The van der Waals surface area contributed by atoms with E-state index < -0.39 is 11.6 Å². The molecule has 2 heterocycles. The van der Waals surface area contributed by atoms with Crippen LogP contribution in [0.4, 0.5) is 0 Å². The van der Waals surface area contributed by atoms with Crippen molar-refractivity contribution in [1.82, 2.24) is 19.6 Å². The fraction of sp³-hybridized carbons (Fsp3) is 0.292. The number of aromatic nitrogens is 4. The van der Waals surface area contributed by atoms with E-state index in [0.717, 1.165) is 27.7 Å². The molecule has 0 aliphatic carbocycles. The van der Waals surface area contributed by atoms with Gasteiger partial charge < -0.3 is 9.47 Å². The summed E-state index contributed by atoms with van der Waals surface area (Å²) in [4.78, 5) is 12.0. The van der Waals surface area contributed by atoms with Gasteiger partial charge in [-0.25, -0.2) is 4.79 Å². The van der Waals surface area contributed by atoms with Crippen molar-refractivity contribution in [2.24, 2.45) is 7.05 Å². The maximum Gasteiger partial charge on any atom is 0.337 e. The minimum Gasteiger partial charge on any atom is -0.467 e. The molecule has 0 N–H and O–H groups in total. The highest BCUT2D eigenvalue weighted by Crippen LogP contribution is 2.27. The largest absolute Gasteiger partial charge is 0.467 e. The summed E-state index contributed by atoms with van der Waals surface area (Å²) < 4.78 is 14.4. The summed E-state index contributed by atoms with van der Waals surface area (Å²) in [6, 6.07) is 15.9. The normalized spacial score (nSPS) is 11.8. The summed E-state index contributed by atoms with van der Waals surface area (Å²) >= 11 is 6.41. The van der Waals surface area contributed by atoms with Crippen LogP contribution in [0.5, 0.6) is 0 Å². The topological polar surface area (TPSA) is 71.2 Å². The van der Waals surface area contributed by atoms with Crippen LogP contribution >= 0.6 is 11.6 Å². The third-order valence-corrected chi connectivity index (χ3v) is 5.78. The molecular formula is C24H25ClN4O3. The Labute approximate surface area is 191 Å². The Hall–Kier alpha value is -3.16. The molecule has 0 spiro atoms. The number of hydrogen-bond acceptors (Lipinski definition) is 5. The van der Waals surface area contributed by atoms with Gasteiger partial charge in [-0.3, -0.25) is 9.36 Å². The number of nitrogens with zero attached hydrogens (tertiary/aromatic N) is 4. The highest BCUT2D eigenvalue weighted by molar-refractivity contribution is 6.31. The lowest BCUT2D eigenvalue weighted by Crippen LogP contribution is -2.35. The summed E-state index contributed by atoms with van der Waals surface area (Å²) in [5.74, 6) is -0.435. The van der Waals surface area contributed by atoms with E-state index in [1.165, 1.54) is 7.11 Å². The van der Waals surface area contributed by atoms with Crippen LogP contribution in [0.25, 0.3) is 22.2 Å². The van der Waals surface area contributed by atoms with E-state index in [1.54, 1.807) is 13.8 Å². The van der Waals surface area contributed by atoms with Gasteiger partial charge in [0.15, 0.2) is 5.60 Å². The molecule has 0 unspecified atom stereocenters. The summed E-state index contributed by atoms with van der Waals surface area (Å²) in [5.41, 5.74) is 3.53. The lowest BCUT2D eigenvalue weighted by molar-refractivity contribution is -0.166. The molecule has 0 aliphatic rings. The van der Waals surface area contributed by atoms with E-state index >= 15 is 0 Å². The Morgan fingerprint density at radius 3 is 2.69 bits per heavy atom. The van der Waals surface area contributed by atoms with Gasteiger partial charge in [0, 0.05) is 23.0 Å². The first-order valence-electron chi connectivity index (χ1n) is 10.2. The highest BCUT2D eigenvalue weighted by atomic mass is 35.5. The lowest BCUT2D eigenvalue weighted by atomic mass is 10.1. The number of halogens is 1. The van der Waals surface area contributed by atoms with Gasteiger partial charge in [0.2, 0.25) is 0 Å². The average Bonchev–Trinajstić information content (AvgIpc) is 3.36. The second-order valence-corrected chi connectivity index (χ2v) is 8.51. The van der Waals surface area contributed by atoms with Gasteiger partial charge in [0.1, 0.15) is 0 Å². The Morgan fingerprint density at radius 1 is 1.16 bits per heavy atom. The van der Waals surface area contributed by atoms with Gasteiger partial charge >= 0.3 is 5.97 Å². The molecule has 0 atom stereocenters. The third kappa shape index (κ3) is 4.40. The maximum atomic E-state index is 12.0. The van der Waals surface area contributed by atoms with Gasteiger partial charge in [-0.1, -0.05) is 41.9 Å². The summed E-state index contributed by atoms with van der Waals surface area (Å²) in [6.07, 6.45) is 1.84. The quantitative estimate of drug-likeness (QED) is 0.383. The van der Waals surface area contributed by atoms with Crippen LogP contribution in [0.3, 0.4) is 0 Å². The van der Waals surface area contributed by atoms with Gasteiger partial charge in [0.05, 0.1) is 43.4 Å². The van der Waals surface area contributed by atoms with Crippen molar-refractivity contribution in [3.05, 3.63) is 71.0 Å². The van der Waals surface area contributed by atoms with Crippen molar-refractivity contribution < 1.29 is 14.3 Å².